The summed E-state index contributed by atoms with van der Waals surface area (Å²) in [7, 11) is 1.69. The highest BCUT2D eigenvalue weighted by Gasteiger charge is 2.28. The van der Waals surface area contributed by atoms with E-state index in [0.29, 0.717) is 0 Å². The van der Waals surface area contributed by atoms with Crippen LogP contribution in [0, 0.1) is 0 Å². The molecule has 3 heteroatoms. The van der Waals surface area contributed by atoms with Crippen LogP contribution in [-0.2, 0) is 6.54 Å². The second kappa shape index (κ2) is 5.28. The highest BCUT2D eigenvalue weighted by molar-refractivity contribution is 6.31. The molecule has 0 atom stereocenters. The molecule has 1 aromatic rings. The zero-order valence-corrected chi connectivity index (χ0v) is 11.3. The summed E-state index contributed by atoms with van der Waals surface area (Å²) in [5.41, 5.74) is 1.33. The Morgan fingerprint density at radius 2 is 2.06 bits per heavy atom. The van der Waals surface area contributed by atoms with Crippen LogP contribution < -0.4 is 10.1 Å². The second-order valence-corrected chi connectivity index (χ2v) is 5.45. The van der Waals surface area contributed by atoms with Crippen molar-refractivity contribution in [3.05, 3.63) is 28.8 Å². The molecule has 0 amide bonds. The Labute approximate surface area is 108 Å². The van der Waals surface area contributed by atoms with E-state index in [0.717, 1.165) is 22.9 Å². The van der Waals surface area contributed by atoms with Gasteiger partial charge in [-0.2, -0.15) is 0 Å². The maximum absolute atomic E-state index is 6.22. The maximum atomic E-state index is 6.22. The summed E-state index contributed by atoms with van der Waals surface area (Å²) >= 11 is 6.22. The maximum Gasteiger partial charge on any atom is 0.124 e. The number of nitrogens with one attached hydrogen (secondary N) is 1. The van der Waals surface area contributed by atoms with Crippen molar-refractivity contribution in [2.45, 2.75) is 44.7 Å². The van der Waals surface area contributed by atoms with Gasteiger partial charge in [-0.25, -0.2) is 0 Å². The Morgan fingerprint density at radius 3 is 2.71 bits per heavy atom. The van der Waals surface area contributed by atoms with Gasteiger partial charge in [0.2, 0.25) is 0 Å². The molecule has 0 aromatic heterocycles. The number of ether oxygens (including phenoxy) is 1. The van der Waals surface area contributed by atoms with Gasteiger partial charge in [0.05, 0.1) is 7.11 Å². The third-order valence-corrected chi connectivity index (χ3v) is 4.05. The van der Waals surface area contributed by atoms with Crippen molar-refractivity contribution in [1.29, 1.82) is 0 Å². The van der Waals surface area contributed by atoms with Gasteiger partial charge in [0.1, 0.15) is 5.75 Å². The smallest absolute Gasteiger partial charge is 0.124 e. The van der Waals surface area contributed by atoms with Gasteiger partial charge in [0.25, 0.3) is 0 Å². The van der Waals surface area contributed by atoms with Crippen LogP contribution in [0.3, 0.4) is 0 Å². The molecule has 1 aliphatic carbocycles. The van der Waals surface area contributed by atoms with Crippen LogP contribution in [-0.4, -0.2) is 12.6 Å². The van der Waals surface area contributed by atoms with Crippen LogP contribution in [0.15, 0.2) is 18.2 Å². The van der Waals surface area contributed by atoms with E-state index >= 15 is 0 Å². The van der Waals surface area contributed by atoms with Crippen LogP contribution in [0.25, 0.3) is 0 Å². The number of benzene rings is 1. The summed E-state index contributed by atoms with van der Waals surface area (Å²) in [6, 6.07) is 5.79. The molecule has 0 aliphatic heterocycles. The molecule has 0 saturated heterocycles. The fourth-order valence-corrected chi connectivity index (χ4v) is 2.77. The molecule has 1 aromatic carbocycles. The molecule has 94 valence electrons. The number of halogens is 1. The van der Waals surface area contributed by atoms with Crippen LogP contribution in [0.5, 0.6) is 5.75 Å². The van der Waals surface area contributed by atoms with E-state index in [1.54, 1.807) is 7.11 Å². The quantitative estimate of drug-likeness (QED) is 0.882. The van der Waals surface area contributed by atoms with Gasteiger partial charge in [-0.1, -0.05) is 30.5 Å². The first-order valence-corrected chi connectivity index (χ1v) is 6.59. The molecular weight excluding hydrogens is 234 g/mol. The van der Waals surface area contributed by atoms with Gasteiger partial charge in [-0.3, -0.25) is 0 Å². The molecule has 1 saturated carbocycles. The molecule has 2 rings (SSSR count). The summed E-state index contributed by atoms with van der Waals surface area (Å²) in [4.78, 5) is 0. The molecule has 1 fully saturated rings. The van der Waals surface area contributed by atoms with Crippen molar-refractivity contribution < 1.29 is 4.74 Å². The lowest BCUT2D eigenvalue weighted by Gasteiger charge is -2.26. The van der Waals surface area contributed by atoms with E-state index in [4.69, 9.17) is 16.3 Å². The minimum absolute atomic E-state index is 0.268. The highest BCUT2D eigenvalue weighted by Crippen LogP contribution is 2.31. The third kappa shape index (κ3) is 2.93. The number of hydrogen-bond acceptors (Lipinski definition) is 2. The molecule has 0 spiro atoms. The minimum Gasteiger partial charge on any atom is -0.496 e. The Hall–Kier alpha value is -0.730. The van der Waals surface area contributed by atoms with Crippen LogP contribution in [0.1, 0.15) is 38.2 Å². The van der Waals surface area contributed by atoms with E-state index in [1.807, 2.05) is 18.2 Å². The molecule has 2 nitrogen and oxygen atoms in total. The lowest BCUT2D eigenvalue weighted by molar-refractivity contribution is 0.354. The molecule has 1 aliphatic rings. The van der Waals surface area contributed by atoms with Gasteiger partial charge in [0.15, 0.2) is 0 Å². The predicted molar refractivity (Wildman–Crippen MR) is 71.7 cm³/mol. The Morgan fingerprint density at radius 1 is 1.35 bits per heavy atom. The summed E-state index contributed by atoms with van der Waals surface area (Å²) < 4.78 is 5.35. The largest absolute Gasteiger partial charge is 0.496 e. The van der Waals surface area contributed by atoms with Gasteiger partial charge >= 0.3 is 0 Å². The summed E-state index contributed by atoms with van der Waals surface area (Å²) in [5.74, 6) is 0.867. The zero-order chi connectivity index (χ0) is 12.3. The van der Waals surface area contributed by atoms with E-state index in [2.05, 4.69) is 12.2 Å². The first kappa shape index (κ1) is 12.7. The molecule has 1 N–H and O–H groups in total. The Bertz CT molecular complexity index is 386. The monoisotopic (exact) mass is 253 g/mol. The minimum atomic E-state index is 0.268. The average molecular weight is 254 g/mol. The lowest BCUT2D eigenvalue weighted by Crippen LogP contribution is -2.38. The summed E-state index contributed by atoms with van der Waals surface area (Å²) in [6.07, 6.45) is 5.14. The average Bonchev–Trinajstić information content (AvgIpc) is 2.75. The van der Waals surface area contributed by atoms with Gasteiger partial charge in [-0.05, 0) is 31.9 Å². The lowest BCUT2D eigenvalue weighted by atomic mass is 10.00. The summed E-state index contributed by atoms with van der Waals surface area (Å²) in [6.45, 7) is 3.07. The van der Waals surface area contributed by atoms with Crippen molar-refractivity contribution in [3.8, 4) is 5.75 Å². The van der Waals surface area contributed by atoms with Crippen molar-refractivity contribution in [2.24, 2.45) is 0 Å². The molecule has 0 heterocycles. The number of methoxy groups -OCH3 is 1. The standard InChI is InChI=1S/C14H20ClNO/c1-14(8-3-4-9-14)16-10-11-12(15)6-5-7-13(11)17-2/h5-7,16H,3-4,8-10H2,1-2H3. The molecular formula is C14H20ClNO. The van der Waals surface area contributed by atoms with Crippen molar-refractivity contribution in [2.75, 3.05) is 7.11 Å². The first-order valence-electron chi connectivity index (χ1n) is 6.21. The zero-order valence-electron chi connectivity index (χ0n) is 10.6. The normalized spacial score (nSPS) is 18.3. The van der Waals surface area contributed by atoms with E-state index in [9.17, 15) is 0 Å². The topological polar surface area (TPSA) is 21.3 Å². The Kier molecular flexibility index (Phi) is 3.95. The third-order valence-electron chi connectivity index (χ3n) is 3.69. The first-order chi connectivity index (χ1) is 8.14. The van der Waals surface area contributed by atoms with Crippen LogP contribution in [0.2, 0.25) is 5.02 Å². The predicted octanol–water partition coefficient (Wildman–Crippen LogP) is 3.77. The van der Waals surface area contributed by atoms with Crippen molar-refractivity contribution in [3.63, 3.8) is 0 Å². The van der Waals surface area contributed by atoms with Crippen molar-refractivity contribution >= 4 is 11.6 Å². The van der Waals surface area contributed by atoms with E-state index in [-0.39, 0.29) is 5.54 Å². The van der Waals surface area contributed by atoms with Crippen molar-refractivity contribution in [1.82, 2.24) is 5.32 Å². The summed E-state index contributed by atoms with van der Waals surface area (Å²) in [5, 5.41) is 4.40. The molecule has 17 heavy (non-hydrogen) atoms. The number of hydrogen-bond donors (Lipinski definition) is 1. The van der Waals surface area contributed by atoms with Crippen LogP contribution in [0.4, 0.5) is 0 Å². The number of rotatable bonds is 4. The fourth-order valence-electron chi connectivity index (χ4n) is 2.54. The van der Waals surface area contributed by atoms with Gasteiger partial charge < -0.3 is 10.1 Å². The van der Waals surface area contributed by atoms with Gasteiger partial charge in [-0.15, -0.1) is 0 Å². The molecule has 0 bridgehead atoms. The fraction of sp³-hybridized carbons (Fsp3) is 0.571. The SMILES string of the molecule is COc1cccc(Cl)c1CNC1(C)CCCC1. The highest BCUT2D eigenvalue weighted by atomic mass is 35.5. The van der Waals surface area contributed by atoms with Crippen LogP contribution >= 0.6 is 11.6 Å². The Balaban J connectivity index is 2.08. The van der Waals surface area contributed by atoms with E-state index in [1.165, 1.54) is 25.7 Å². The van der Waals surface area contributed by atoms with E-state index < -0.39 is 0 Å². The second-order valence-electron chi connectivity index (χ2n) is 5.04. The molecule has 0 radical (unpaired) electrons. The molecule has 0 unspecified atom stereocenters. The van der Waals surface area contributed by atoms with Gasteiger partial charge in [0, 0.05) is 22.7 Å².